The third-order valence-corrected chi connectivity index (χ3v) is 4.96. The molecule has 0 saturated heterocycles. The minimum atomic E-state index is -0.174. The lowest BCUT2D eigenvalue weighted by Crippen LogP contribution is -2.32. The standard InChI is InChI=1S/C16H23BrFN/c1-11-3-5-13(10-19-2)14(7-11)8-12-4-6-16(18)15(17)9-12/h4,6,9,11,13-14,19H,3,5,7-8,10H2,1-2H3. The average molecular weight is 328 g/mol. The van der Waals surface area contributed by atoms with E-state index in [9.17, 15) is 4.39 Å². The van der Waals surface area contributed by atoms with E-state index in [1.807, 2.05) is 19.2 Å². The Bertz CT molecular complexity index is 421. The first-order valence-electron chi connectivity index (χ1n) is 7.18. The minimum absolute atomic E-state index is 0.174. The Morgan fingerprint density at radius 2 is 2.11 bits per heavy atom. The number of rotatable bonds is 4. The third kappa shape index (κ3) is 4.03. The van der Waals surface area contributed by atoms with E-state index in [0.717, 1.165) is 24.8 Å². The van der Waals surface area contributed by atoms with Crippen molar-refractivity contribution in [1.29, 1.82) is 0 Å². The zero-order valence-electron chi connectivity index (χ0n) is 11.8. The van der Waals surface area contributed by atoms with Crippen LogP contribution in [0.15, 0.2) is 22.7 Å². The molecule has 0 radical (unpaired) electrons. The fourth-order valence-corrected chi connectivity index (χ4v) is 3.74. The van der Waals surface area contributed by atoms with E-state index in [0.29, 0.717) is 10.4 Å². The van der Waals surface area contributed by atoms with Crippen LogP contribution in [0.3, 0.4) is 0 Å². The highest BCUT2D eigenvalue weighted by atomic mass is 79.9. The summed E-state index contributed by atoms with van der Waals surface area (Å²) in [5.74, 6) is 2.12. The van der Waals surface area contributed by atoms with Gasteiger partial charge in [-0.05, 0) is 84.2 Å². The van der Waals surface area contributed by atoms with E-state index < -0.39 is 0 Å². The molecule has 3 atom stereocenters. The van der Waals surface area contributed by atoms with Crippen molar-refractivity contribution in [3.05, 3.63) is 34.1 Å². The summed E-state index contributed by atoms with van der Waals surface area (Å²) in [5.41, 5.74) is 1.24. The number of hydrogen-bond donors (Lipinski definition) is 1. The van der Waals surface area contributed by atoms with Crippen LogP contribution in [0.5, 0.6) is 0 Å². The summed E-state index contributed by atoms with van der Waals surface area (Å²) in [5, 5.41) is 3.32. The molecule has 0 amide bonds. The van der Waals surface area contributed by atoms with Gasteiger partial charge in [0.25, 0.3) is 0 Å². The average Bonchev–Trinajstić information content (AvgIpc) is 2.37. The van der Waals surface area contributed by atoms with Gasteiger partial charge in [0.2, 0.25) is 0 Å². The fraction of sp³-hybridized carbons (Fsp3) is 0.625. The zero-order chi connectivity index (χ0) is 13.8. The van der Waals surface area contributed by atoms with Gasteiger partial charge >= 0.3 is 0 Å². The highest BCUT2D eigenvalue weighted by molar-refractivity contribution is 9.10. The van der Waals surface area contributed by atoms with Gasteiger partial charge in [0.1, 0.15) is 5.82 Å². The number of hydrogen-bond acceptors (Lipinski definition) is 1. The molecule has 3 unspecified atom stereocenters. The van der Waals surface area contributed by atoms with E-state index >= 15 is 0 Å². The van der Waals surface area contributed by atoms with Crippen molar-refractivity contribution >= 4 is 15.9 Å². The molecule has 19 heavy (non-hydrogen) atoms. The van der Waals surface area contributed by atoms with E-state index in [2.05, 4.69) is 28.2 Å². The SMILES string of the molecule is CNCC1CCC(C)CC1Cc1ccc(F)c(Br)c1. The van der Waals surface area contributed by atoms with Crippen molar-refractivity contribution in [2.75, 3.05) is 13.6 Å². The van der Waals surface area contributed by atoms with Crippen molar-refractivity contribution in [3.63, 3.8) is 0 Å². The topological polar surface area (TPSA) is 12.0 Å². The summed E-state index contributed by atoms with van der Waals surface area (Å²) in [7, 11) is 2.03. The van der Waals surface area contributed by atoms with Crippen LogP contribution in [-0.4, -0.2) is 13.6 Å². The van der Waals surface area contributed by atoms with Gasteiger partial charge in [-0.3, -0.25) is 0 Å². The van der Waals surface area contributed by atoms with Crippen LogP contribution in [0.1, 0.15) is 31.7 Å². The van der Waals surface area contributed by atoms with Crippen LogP contribution < -0.4 is 5.32 Å². The molecule has 1 aliphatic carbocycles. The summed E-state index contributed by atoms with van der Waals surface area (Å²) in [6.45, 7) is 3.45. The first-order chi connectivity index (χ1) is 9.10. The van der Waals surface area contributed by atoms with Gasteiger partial charge in [0.05, 0.1) is 4.47 Å². The van der Waals surface area contributed by atoms with Crippen LogP contribution in [0, 0.1) is 23.6 Å². The van der Waals surface area contributed by atoms with Crippen LogP contribution in [0.25, 0.3) is 0 Å². The quantitative estimate of drug-likeness (QED) is 0.864. The highest BCUT2D eigenvalue weighted by Crippen LogP contribution is 2.36. The molecule has 0 spiro atoms. The van der Waals surface area contributed by atoms with Gasteiger partial charge in [-0.25, -0.2) is 4.39 Å². The van der Waals surface area contributed by atoms with Crippen molar-refractivity contribution in [2.24, 2.45) is 17.8 Å². The lowest BCUT2D eigenvalue weighted by Gasteiger charge is -2.35. The molecule has 1 fully saturated rings. The van der Waals surface area contributed by atoms with Gasteiger partial charge in [0.15, 0.2) is 0 Å². The number of nitrogens with one attached hydrogen (secondary N) is 1. The Hall–Kier alpha value is -0.410. The van der Waals surface area contributed by atoms with E-state index in [1.165, 1.54) is 24.8 Å². The molecular formula is C16H23BrFN. The first-order valence-corrected chi connectivity index (χ1v) is 7.98. The second-order valence-electron chi connectivity index (χ2n) is 5.95. The predicted octanol–water partition coefficient (Wildman–Crippen LogP) is 4.40. The molecule has 2 rings (SSSR count). The molecule has 0 bridgehead atoms. The van der Waals surface area contributed by atoms with Crippen LogP contribution >= 0.6 is 15.9 Å². The summed E-state index contributed by atoms with van der Waals surface area (Å²) < 4.78 is 13.9. The molecule has 1 nitrogen and oxygen atoms in total. The summed E-state index contributed by atoms with van der Waals surface area (Å²) in [4.78, 5) is 0. The summed E-state index contributed by atoms with van der Waals surface area (Å²) >= 11 is 3.28. The summed E-state index contributed by atoms with van der Waals surface area (Å²) in [6.07, 6.45) is 5.02. The summed E-state index contributed by atoms with van der Waals surface area (Å²) in [6, 6.07) is 5.43. The van der Waals surface area contributed by atoms with Gasteiger partial charge < -0.3 is 5.32 Å². The smallest absolute Gasteiger partial charge is 0.137 e. The monoisotopic (exact) mass is 327 g/mol. The van der Waals surface area contributed by atoms with Crippen LogP contribution in [0.2, 0.25) is 0 Å². The Morgan fingerprint density at radius 3 is 2.79 bits per heavy atom. The fourth-order valence-electron chi connectivity index (χ4n) is 3.31. The first kappa shape index (κ1) is 15.0. The van der Waals surface area contributed by atoms with E-state index in [4.69, 9.17) is 0 Å². The van der Waals surface area contributed by atoms with Gasteiger partial charge in [-0.1, -0.05) is 19.4 Å². The molecule has 1 saturated carbocycles. The molecule has 1 aromatic rings. The second-order valence-corrected chi connectivity index (χ2v) is 6.80. The highest BCUT2D eigenvalue weighted by Gasteiger charge is 2.28. The molecule has 0 heterocycles. The van der Waals surface area contributed by atoms with Crippen molar-refractivity contribution < 1.29 is 4.39 Å². The van der Waals surface area contributed by atoms with Crippen LogP contribution in [-0.2, 0) is 6.42 Å². The van der Waals surface area contributed by atoms with Crippen molar-refractivity contribution in [3.8, 4) is 0 Å². The maximum atomic E-state index is 13.3. The Morgan fingerprint density at radius 1 is 1.32 bits per heavy atom. The Labute approximate surface area is 124 Å². The van der Waals surface area contributed by atoms with Crippen molar-refractivity contribution in [2.45, 2.75) is 32.6 Å². The lowest BCUT2D eigenvalue weighted by molar-refractivity contribution is 0.186. The van der Waals surface area contributed by atoms with Crippen LogP contribution in [0.4, 0.5) is 4.39 Å². The zero-order valence-corrected chi connectivity index (χ0v) is 13.3. The molecule has 0 aromatic heterocycles. The number of halogens is 2. The molecule has 0 aliphatic heterocycles. The Kier molecular flexibility index (Phi) is 5.40. The third-order valence-electron chi connectivity index (χ3n) is 4.35. The maximum absolute atomic E-state index is 13.3. The van der Waals surface area contributed by atoms with E-state index in [-0.39, 0.29) is 5.82 Å². The van der Waals surface area contributed by atoms with E-state index in [1.54, 1.807) is 6.07 Å². The molecular weight excluding hydrogens is 305 g/mol. The molecule has 1 aliphatic rings. The lowest BCUT2D eigenvalue weighted by atomic mass is 9.72. The largest absolute Gasteiger partial charge is 0.319 e. The predicted molar refractivity (Wildman–Crippen MR) is 81.7 cm³/mol. The molecule has 3 heteroatoms. The normalized spacial score (nSPS) is 27.5. The Balaban J connectivity index is 2.07. The maximum Gasteiger partial charge on any atom is 0.137 e. The molecule has 1 N–H and O–H groups in total. The van der Waals surface area contributed by atoms with Gasteiger partial charge in [0, 0.05) is 0 Å². The minimum Gasteiger partial charge on any atom is -0.319 e. The molecule has 106 valence electrons. The molecule has 1 aromatic carbocycles. The van der Waals surface area contributed by atoms with Gasteiger partial charge in [-0.15, -0.1) is 0 Å². The van der Waals surface area contributed by atoms with Crippen molar-refractivity contribution in [1.82, 2.24) is 5.32 Å². The second kappa shape index (κ2) is 6.85. The van der Waals surface area contributed by atoms with Gasteiger partial charge in [-0.2, -0.15) is 0 Å². The number of benzene rings is 1.